The summed E-state index contributed by atoms with van der Waals surface area (Å²) in [5.41, 5.74) is 3.17. The maximum Gasteiger partial charge on any atom is 0.135 e. The Morgan fingerprint density at radius 1 is 1.47 bits per heavy atom. The third-order valence-corrected chi connectivity index (χ3v) is 3.83. The van der Waals surface area contributed by atoms with Gasteiger partial charge in [0.25, 0.3) is 0 Å². The molecule has 1 heterocycles. The number of aromatic nitrogens is 1. The number of hydrogen-bond donors (Lipinski definition) is 0. The van der Waals surface area contributed by atoms with Crippen LogP contribution in [0.25, 0.3) is 10.6 Å². The summed E-state index contributed by atoms with van der Waals surface area (Å²) < 4.78 is 1.04. The molecule has 4 heteroatoms. The van der Waals surface area contributed by atoms with Crippen LogP contribution in [0, 0.1) is 6.92 Å². The Morgan fingerprint density at radius 3 is 2.94 bits per heavy atom. The quantitative estimate of drug-likeness (QED) is 0.857. The molecule has 0 fully saturated rings. The molecule has 2 rings (SSSR count). The molecule has 0 aliphatic carbocycles. The smallest absolute Gasteiger partial charge is 0.135 e. The van der Waals surface area contributed by atoms with E-state index in [4.69, 9.17) is 0 Å². The molecule has 0 amide bonds. The summed E-state index contributed by atoms with van der Waals surface area (Å²) in [4.78, 5) is 15.5. The van der Waals surface area contributed by atoms with Gasteiger partial charge in [-0.05, 0) is 31.5 Å². The van der Waals surface area contributed by atoms with Gasteiger partial charge < -0.3 is 0 Å². The van der Waals surface area contributed by atoms with Crippen LogP contribution in [0.1, 0.15) is 18.2 Å². The van der Waals surface area contributed by atoms with E-state index in [2.05, 4.69) is 40.0 Å². The van der Waals surface area contributed by atoms with Gasteiger partial charge in [0.1, 0.15) is 10.8 Å². The van der Waals surface area contributed by atoms with Gasteiger partial charge in [0.05, 0.1) is 5.69 Å². The fourth-order valence-electron chi connectivity index (χ4n) is 1.59. The second kappa shape index (κ2) is 5.10. The molecule has 88 valence electrons. The number of benzene rings is 1. The lowest BCUT2D eigenvalue weighted by Gasteiger charge is -2.02. The zero-order valence-corrected chi connectivity index (χ0v) is 12.1. The van der Waals surface area contributed by atoms with Crippen LogP contribution in [0.3, 0.4) is 0 Å². The van der Waals surface area contributed by atoms with Crippen molar-refractivity contribution in [2.24, 2.45) is 0 Å². The summed E-state index contributed by atoms with van der Waals surface area (Å²) in [6, 6.07) is 6.14. The van der Waals surface area contributed by atoms with Crippen molar-refractivity contribution in [3.8, 4) is 10.6 Å². The first kappa shape index (κ1) is 12.5. The van der Waals surface area contributed by atoms with Crippen molar-refractivity contribution in [3.05, 3.63) is 39.3 Å². The van der Waals surface area contributed by atoms with Crippen LogP contribution in [0.4, 0.5) is 0 Å². The van der Waals surface area contributed by atoms with E-state index >= 15 is 0 Å². The highest BCUT2D eigenvalue weighted by molar-refractivity contribution is 9.10. The molecule has 17 heavy (non-hydrogen) atoms. The lowest BCUT2D eigenvalue weighted by Crippen LogP contribution is -1.96. The van der Waals surface area contributed by atoms with Crippen LogP contribution in [0.15, 0.2) is 28.1 Å². The number of rotatable bonds is 3. The second-order valence-electron chi connectivity index (χ2n) is 3.98. The van der Waals surface area contributed by atoms with E-state index in [0.717, 1.165) is 20.7 Å². The number of hydrogen-bond acceptors (Lipinski definition) is 3. The third kappa shape index (κ3) is 3.01. The monoisotopic (exact) mass is 309 g/mol. The topological polar surface area (TPSA) is 30.0 Å². The summed E-state index contributed by atoms with van der Waals surface area (Å²) in [5.74, 6) is 0.146. The Morgan fingerprint density at radius 2 is 2.24 bits per heavy atom. The number of thiazole rings is 1. The molecular formula is C13H12BrNOS. The van der Waals surface area contributed by atoms with E-state index in [0.29, 0.717) is 6.42 Å². The van der Waals surface area contributed by atoms with Gasteiger partial charge >= 0.3 is 0 Å². The highest BCUT2D eigenvalue weighted by Crippen LogP contribution is 2.29. The second-order valence-corrected chi connectivity index (χ2v) is 5.76. The predicted molar refractivity (Wildman–Crippen MR) is 74.4 cm³/mol. The van der Waals surface area contributed by atoms with Crippen LogP contribution in [-0.4, -0.2) is 10.8 Å². The lowest BCUT2D eigenvalue weighted by atomic mass is 10.1. The van der Waals surface area contributed by atoms with E-state index < -0.39 is 0 Å². The normalized spacial score (nSPS) is 10.5. The Bertz CT molecular complexity index is 562. The number of carbonyl (C=O) groups is 1. The number of aryl methyl sites for hydroxylation is 1. The van der Waals surface area contributed by atoms with Crippen molar-refractivity contribution in [2.45, 2.75) is 20.3 Å². The average molecular weight is 310 g/mol. The Kier molecular flexibility index (Phi) is 3.74. The van der Waals surface area contributed by atoms with Crippen molar-refractivity contribution in [3.63, 3.8) is 0 Å². The molecule has 2 nitrogen and oxygen atoms in total. The van der Waals surface area contributed by atoms with Crippen molar-refractivity contribution < 1.29 is 4.79 Å². The molecule has 0 atom stereocenters. The first-order valence-corrected chi connectivity index (χ1v) is 6.94. The standard InChI is InChI=1S/C13H12BrNOS/c1-8-3-4-10(14)6-12(8)13-15-11(7-17-13)5-9(2)16/h3-4,6-7H,5H2,1-2H3. The Labute approximate surface area is 113 Å². The molecule has 0 aliphatic heterocycles. The van der Waals surface area contributed by atoms with Crippen LogP contribution >= 0.6 is 27.3 Å². The van der Waals surface area contributed by atoms with Crippen molar-refractivity contribution in [2.75, 3.05) is 0 Å². The maximum absolute atomic E-state index is 11.0. The van der Waals surface area contributed by atoms with Gasteiger partial charge in [-0.15, -0.1) is 11.3 Å². The molecule has 0 radical (unpaired) electrons. The minimum absolute atomic E-state index is 0.146. The Balaban J connectivity index is 2.36. The van der Waals surface area contributed by atoms with Gasteiger partial charge in [0.2, 0.25) is 0 Å². The van der Waals surface area contributed by atoms with Crippen LogP contribution in [-0.2, 0) is 11.2 Å². The van der Waals surface area contributed by atoms with E-state index in [1.807, 2.05) is 11.4 Å². The van der Waals surface area contributed by atoms with Crippen molar-refractivity contribution in [1.29, 1.82) is 0 Å². The molecule has 0 N–H and O–H groups in total. The molecule has 0 spiro atoms. The minimum Gasteiger partial charge on any atom is -0.300 e. The predicted octanol–water partition coefficient (Wildman–Crippen LogP) is 4.01. The van der Waals surface area contributed by atoms with Gasteiger partial charge in [0.15, 0.2) is 0 Å². The largest absolute Gasteiger partial charge is 0.300 e. The highest BCUT2D eigenvalue weighted by Gasteiger charge is 2.09. The van der Waals surface area contributed by atoms with Gasteiger partial charge in [-0.2, -0.15) is 0 Å². The van der Waals surface area contributed by atoms with Crippen molar-refractivity contribution >= 4 is 33.0 Å². The van der Waals surface area contributed by atoms with Gasteiger partial charge in [-0.3, -0.25) is 4.79 Å². The fraction of sp³-hybridized carbons (Fsp3) is 0.231. The SMILES string of the molecule is CC(=O)Cc1csc(-c2cc(Br)ccc2C)n1. The Hall–Kier alpha value is -1.00. The molecular weight excluding hydrogens is 298 g/mol. The number of Topliss-reactive ketones (excluding diaryl/α,β-unsaturated/α-hetero) is 1. The van der Waals surface area contributed by atoms with E-state index in [1.165, 1.54) is 5.56 Å². The first-order valence-electron chi connectivity index (χ1n) is 5.26. The van der Waals surface area contributed by atoms with Gasteiger partial charge in [-0.1, -0.05) is 22.0 Å². The summed E-state index contributed by atoms with van der Waals surface area (Å²) >= 11 is 5.05. The highest BCUT2D eigenvalue weighted by atomic mass is 79.9. The molecule has 0 saturated heterocycles. The number of halogens is 1. The van der Waals surface area contributed by atoms with Crippen LogP contribution < -0.4 is 0 Å². The van der Waals surface area contributed by atoms with E-state index in [9.17, 15) is 4.79 Å². The molecule has 0 aliphatic rings. The van der Waals surface area contributed by atoms with E-state index in [1.54, 1.807) is 18.3 Å². The lowest BCUT2D eigenvalue weighted by molar-refractivity contribution is -0.116. The summed E-state index contributed by atoms with van der Waals surface area (Å²) in [6.45, 7) is 3.65. The van der Waals surface area contributed by atoms with E-state index in [-0.39, 0.29) is 5.78 Å². The number of ketones is 1. The number of nitrogens with zero attached hydrogens (tertiary/aromatic N) is 1. The molecule has 0 saturated carbocycles. The van der Waals surface area contributed by atoms with Crippen molar-refractivity contribution in [1.82, 2.24) is 4.98 Å². The molecule has 2 aromatic rings. The fourth-order valence-corrected chi connectivity index (χ4v) is 2.85. The molecule has 1 aromatic heterocycles. The van der Waals surface area contributed by atoms with Gasteiger partial charge in [0, 0.05) is 21.8 Å². The third-order valence-electron chi connectivity index (χ3n) is 2.41. The molecule has 0 bridgehead atoms. The zero-order chi connectivity index (χ0) is 12.4. The summed E-state index contributed by atoms with van der Waals surface area (Å²) in [5, 5.41) is 2.93. The molecule has 0 unspecified atom stereocenters. The first-order chi connectivity index (χ1) is 8.06. The maximum atomic E-state index is 11.0. The van der Waals surface area contributed by atoms with Gasteiger partial charge in [-0.25, -0.2) is 4.98 Å². The van der Waals surface area contributed by atoms with Crippen LogP contribution in [0.2, 0.25) is 0 Å². The van der Waals surface area contributed by atoms with Crippen LogP contribution in [0.5, 0.6) is 0 Å². The summed E-state index contributed by atoms with van der Waals surface area (Å²) in [7, 11) is 0. The molecule has 1 aromatic carbocycles. The zero-order valence-electron chi connectivity index (χ0n) is 9.66. The average Bonchev–Trinajstić information content (AvgIpc) is 2.69. The minimum atomic E-state index is 0.146. The number of carbonyl (C=O) groups excluding carboxylic acids is 1. The summed E-state index contributed by atoms with van der Waals surface area (Å²) in [6.07, 6.45) is 0.420.